The molecule has 1 heterocycles. The van der Waals surface area contributed by atoms with Crippen molar-refractivity contribution in [3.63, 3.8) is 0 Å². The van der Waals surface area contributed by atoms with Crippen molar-refractivity contribution in [1.82, 2.24) is 9.97 Å². The van der Waals surface area contributed by atoms with Crippen molar-refractivity contribution in [2.45, 2.75) is 38.0 Å². The van der Waals surface area contributed by atoms with Crippen LogP contribution in [0.15, 0.2) is 24.3 Å². The number of nitrogens with two attached hydrogens (primary N) is 1. The summed E-state index contributed by atoms with van der Waals surface area (Å²) >= 11 is 5.81. The molecule has 0 spiro atoms. The minimum absolute atomic E-state index is 0.118. The molecule has 1 fully saturated rings. The summed E-state index contributed by atoms with van der Waals surface area (Å²) in [5.41, 5.74) is 7.35. The summed E-state index contributed by atoms with van der Waals surface area (Å²) < 4.78 is 14.0. The summed E-state index contributed by atoms with van der Waals surface area (Å²) in [6.07, 6.45) is 5.04. The van der Waals surface area contributed by atoms with Gasteiger partial charge in [-0.2, -0.15) is 0 Å². The third-order valence-electron chi connectivity index (χ3n) is 3.97. The molecule has 21 heavy (non-hydrogen) atoms. The van der Waals surface area contributed by atoms with Gasteiger partial charge in [0.15, 0.2) is 0 Å². The fourth-order valence-corrected chi connectivity index (χ4v) is 3.10. The summed E-state index contributed by atoms with van der Waals surface area (Å²) in [7, 11) is 0. The normalized spacial score (nSPS) is 15.5. The molecule has 1 aliphatic carbocycles. The van der Waals surface area contributed by atoms with Crippen LogP contribution in [0, 0.1) is 5.82 Å². The molecule has 2 N–H and O–H groups in total. The fraction of sp³-hybridized carbons (Fsp3) is 0.375. The summed E-state index contributed by atoms with van der Waals surface area (Å²) in [4.78, 5) is 8.81. The topological polar surface area (TPSA) is 51.8 Å². The van der Waals surface area contributed by atoms with E-state index < -0.39 is 5.82 Å². The maximum atomic E-state index is 14.0. The number of aromatic nitrogens is 2. The molecule has 0 bridgehead atoms. The van der Waals surface area contributed by atoms with E-state index in [4.69, 9.17) is 17.3 Å². The average molecular weight is 306 g/mol. The van der Waals surface area contributed by atoms with E-state index in [2.05, 4.69) is 9.97 Å². The highest BCUT2D eigenvalue weighted by atomic mass is 35.5. The van der Waals surface area contributed by atoms with Crippen LogP contribution in [-0.4, -0.2) is 9.97 Å². The number of nitrogens with zero attached hydrogens (tertiary/aromatic N) is 2. The molecule has 110 valence electrons. The standard InChI is InChI=1S/C16H17ClFN3/c17-12-7-3-6-11(16(12)18)8-15-20-13(9-14(19)21-15)10-4-1-2-5-10/h3,6-7,9-10H,1-2,4-5,8H2,(H2,19,20,21). The van der Waals surface area contributed by atoms with Crippen LogP contribution in [0.1, 0.15) is 48.7 Å². The molecule has 1 aromatic heterocycles. The largest absolute Gasteiger partial charge is 0.384 e. The van der Waals surface area contributed by atoms with Gasteiger partial charge in [0, 0.05) is 24.1 Å². The molecule has 0 atom stereocenters. The van der Waals surface area contributed by atoms with Crippen LogP contribution >= 0.6 is 11.6 Å². The molecule has 0 amide bonds. The summed E-state index contributed by atoms with van der Waals surface area (Å²) in [6.45, 7) is 0. The number of rotatable bonds is 3. The Labute approximate surface area is 128 Å². The molecule has 3 nitrogen and oxygen atoms in total. The number of hydrogen-bond donors (Lipinski definition) is 1. The second-order valence-electron chi connectivity index (χ2n) is 5.51. The van der Waals surface area contributed by atoms with E-state index in [-0.39, 0.29) is 5.02 Å². The van der Waals surface area contributed by atoms with Gasteiger partial charge in [0.05, 0.1) is 5.02 Å². The maximum Gasteiger partial charge on any atom is 0.145 e. The van der Waals surface area contributed by atoms with Gasteiger partial charge in [-0.3, -0.25) is 0 Å². The maximum absolute atomic E-state index is 14.0. The molecule has 0 saturated heterocycles. The third-order valence-corrected chi connectivity index (χ3v) is 4.26. The summed E-state index contributed by atoms with van der Waals surface area (Å²) in [5.74, 6) is 1.05. The van der Waals surface area contributed by atoms with Gasteiger partial charge < -0.3 is 5.73 Å². The number of nitrogen functional groups attached to an aromatic ring is 1. The van der Waals surface area contributed by atoms with Crippen LogP contribution in [0.3, 0.4) is 0 Å². The molecular weight excluding hydrogens is 289 g/mol. The molecule has 0 radical (unpaired) electrons. The van der Waals surface area contributed by atoms with Crippen molar-refractivity contribution in [1.29, 1.82) is 0 Å². The fourth-order valence-electron chi connectivity index (χ4n) is 2.90. The molecule has 0 aliphatic heterocycles. The third kappa shape index (κ3) is 3.16. The van der Waals surface area contributed by atoms with E-state index in [9.17, 15) is 4.39 Å². The van der Waals surface area contributed by atoms with Gasteiger partial charge in [0.25, 0.3) is 0 Å². The predicted octanol–water partition coefficient (Wildman–Crippen LogP) is 4.10. The van der Waals surface area contributed by atoms with E-state index in [0.29, 0.717) is 29.5 Å². The summed E-state index contributed by atoms with van der Waals surface area (Å²) in [6, 6.07) is 6.80. The minimum atomic E-state index is -0.410. The quantitative estimate of drug-likeness (QED) is 0.929. The van der Waals surface area contributed by atoms with Crippen LogP contribution in [0.2, 0.25) is 5.02 Å². The van der Waals surface area contributed by atoms with Gasteiger partial charge in [-0.25, -0.2) is 14.4 Å². The first kappa shape index (κ1) is 14.3. The number of halogens is 2. The number of hydrogen-bond acceptors (Lipinski definition) is 3. The van der Waals surface area contributed by atoms with Gasteiger partial charge in [-0.1, -0.05) is 36.6 Å². The lowest BCUT2D eigenvalue weighted by Crippen LogP contribution is -2.07. The van der Waals surface area contributed by atoms with Crippen LogP contribution < -0.4 is 5.73 Å². The number of anilines is 1. The van der Waals surface area contributed by atoms with E-state index in [1.807, 2.05) is 6.07 Å². The molecule has 2 aromatic rings. The van der Waals surface area contributed by atoms with Crippen molar-refractivity contribution in [2.75, 3.05) is 5.73 Å². The van der Waals surface area contributed by atoms with Crippen molar-refractivity contribution in [2.24, 2.45) is 0 Å². The van der Waals surface area contributed by atoms with Gasteiger partial charge >= 0.3 is 0 Å². The molecular formula is C16H17ClFN3. The van der Waals surface area contributed by atoms with Gasteiger partial charge in [0.2, 0.25) is 0 Å². The monoisotopic (exact) mass is 305 g/mol. The first-order valence-corrected chi connectivity index (χ1v) is 7.57. The van der Waals surface area contributed by atoms with E-state index in [1.165, 1.54) is 18.9 Å². The smallest absolute Gasteiger partial charge is 0.145 e. The molecule has 1 saturated carbocycles. The van der Waals surface area contributed by atoms with Crippen LogP contribution in [-0.2, 0) is 6.42 Å². The Morgan fingerprint density at radius 1 is 1.24 bits per heavy atom. The minimum Gasteiger partial charge on any atom is -0.384 e. The van der Waals surface area contributed by atoms with E-state index in [0.717, 1.165) is 18.5 Å². The van der Waals surface area contributed by atoms with Crippen molar-refractivity contribution in [3.8, 4) is 0 Å². The van der Waals surface area contributed by atoms with Gasteiger partial charge in [-0.15, -0.1) is 0 Å². The van der Waals surface area contributed by atoms with Crippen molar-refractivity contribution in [3.05, 3.63) is 52.2 Å². The molecule has 1 aromatic carbocycles. The predicted molar refractivity (Wildman–Crippen MR) is 81.9 cm³/mol. The number of benzene rings is 1. The first-order valence-electron chi connectivity index (χ1n) is 7.19. The zero-order valence-electron chi connectivity index (χ0n) is 11.6. The molecule has 0 unspecified atom stereocenters. The second kappa shape index (κ2) is 5.98. The Morgan fingerprint density at radius 2 is 2.00 bits per heavy atom. The van der Waals surface area contributed by atoms with Crippen molar-refractivity contribution < 1.29 is 4.39 Å². The van der Waals surface area contributed by atoms with E-state index in [1.54, 1.807) is 12.1 Å². The van der Waals surface area contributed by atoms with Crippen LogP contribution in [0.4, 0.5) is 10.2 Å². The Bertz CT molecular complexity index is 654. The molecule has 3 rings (SSSR count). The Kier molecular flexibility index (Phi) is 4.06. The SMILES string of the molecule is Nc1cc(C2CCCC2)nc(Cc2cccc(Cl)c2F)n1. The molecule has 5 heteroatoms. The lowest BCUT2D eigenvalue weighted by molar-refractivity contribution is 0.611. The Hall–Kier alpha value is -1.68. The lowest BCUT2D eigenvalue weighted by Gasteiger charge is -2.11. The molecule has 1 aliphatic rings. The van der Waals surface area contributed by atoms with Crippen LogP contribution in [0.5, 0.6) is 0 Å². The van der Waals surface area contributed by atoms with Crippen LogP contribution in [0.25, 0.3) is 0 Å². The Balaban J connectivity index is 1.89. The zero-order valence-corrected chi connectivity index (χ0v) is 12.4. The van der Waals surface area contributed by atoms with Gasteiger partial charge in [-0.05, 0) is 24.5 Å². The summed E-state index contributed by atoms with van der Waals surface area (Å²) in [5, 5.41) is 0.118. The second-order valence-corrected chi connectivity index (χ2v) is 5.91. The van der Waals surface area contributed by atoms with Crippen molar-refractivity contribution >= 4 is 17.4 Å². The highest BCUT2D eigenvalue weighted by molar-refractivity contribution is 6.30. The Morgan fingerprint density at radius 3 is 2.76 bits per heavy atom. The van der Waals surface area contributed by atoms with E-state index >= 15 is 0 Å². The first-order chi connectivity index (χ1) is 10.1. The lowest BCUT2D eigenvalue weighted by atomic mass is 10.0. The van der Waals surface area contributed by atoms with Gasteiger partial charge in [0.1, 0.15) is 17.5 Å². The zero-order chi connectivity index (χ0) is 14.8. The highest BCUT2D eigenvalue weighted by Crippen LogP contribution is 2.33. The average Bonchev–Trinajstić information content (AvgIpc) is 2.97. The highest BCUT2D eigenvalue weighted by Gasteiger charge is 2.20.